The number of amides is 2. The summed E-state index contributed by atoms with van der Waals surface area (Å²) in [7, 11) is 3.11. The van der Waals surface area contributed by atoms with Crippen LogP contribution in [0.15, 0.2) is 18.2 Å². The summed E-state index contributed by atoms with van der Waals surface area (Å²) in [6, 6.07) is 5.23. The van der Waals surface area contributed by atoms with E-state index in [0.717, 1.165) is 0 Å². The Morgan fingerprint density at radius 2 is 1.96 bits per heavy atom. The Morgan fingerprint density at radius 1 is 1.26 bits per heavy atom. The standard InChI is InChI=1S/C16H23N3O4/c1-22-12-3-4-14(23-2)13(9-12)18-15(20)10-19-7-5-11(6-8-19)16(17)21/h3-4,9,11H,5-8,10H2,1-2H3,(H2,17,21)(H,18,20). The Balaban J connectivity index is 1.91. The van der Waals surface area contributed by atoms with E-state index in [9.17, 15) is 9.59 Å². The number of likely N-dealkylation sites (tertiary alicyclic amines) is 1. The number of methoxy groups -OCH3 is 2. The van der Waals surface area contributed by atoms with E-state index in [0.29, 0.717) is 43.1 Å². The summed E-state index contributed by atoms with van der Waals surface area (Å²) in [5.41, 5.74) is 5.89. The minimum Gasteiger partial charge on any atom is -0.497 e. The van der Waals surface area contributed by atoms with Crippen LogP contribution in [0.5, 0.6) is 11.5 Å². The fraction of sp³-hybridized carbons (Fsp3) is 0.500. The van der Waals surface area contributed by atoms with Crippen LogP contribution in [0.2, 0.25) is 0 Å². The lowest BCUT2D eigenvalue weighted by Crippen LogP contribution is -2.42. The molecule has 0 saturated carbocycles. The molecule has 7 nitrogen and oxygen atoms in total. The van der Waals surface area contributed by atoms with Gasteiger partial charge in [0.2, 0.25) is 11.8 Å². The highest BCUT2D eigenvalue weighted by molar-refractivity contribution is 5.94. The number of nitrogens with zero attached hydrogens (tertiary/aromatic N) is 1. The molecule has 23 heavy (non-hydrogen) atoms. The number of ether oxygens (including phenoxy) is 2. The Morgan fingerprint density at radius 3 is 2.52 bits per heavy atom. The molecule has 1 fully saturated rings. The number of nitrogens with one attached hydrogen (secondary N) is 1. The van der Waals surface area contributed by atoms with Gasteiger partial charge in [-0.1, -0.05) is 0 Å². The zero-order chi connectivity index (χ0) is 16.8. The Hall–Kier alpha value is -2.28. The van der Waals surface area contributed by atoms with Crippen LogP contribution in [0.4, 0.5) is 5.69 Å². The van der Waals surface area contributed by atoms with Crippen molar-refractivity contribution >= 4 is 17.5 Å². The largest absolute Gasteiger partial charge is 0.497 e. The highest BCUT2D eigenvalue weighted by Crippen LogP contribution is 2.28. The number of nitrogens with two attached hydrogens (primary N) is 1. The lowest BCUT2D eigenvalue weighted by Gasteiger charge is -2.29. The summed E-state index contributed by atoms with van der Waals surface area (Å²) >= 11 is 0. The van der Waals surface area contributed by atoms with E-state index in [1.807, 2.05) is 4.90 Å². The summed E-state index contributed by atoms with van der Waals surface area (Å²) in [6.45, 7) is 1.65. The fourth-order valence-corrected chi connectivity index (χ4v) is 2.68. The number of rotatable bonds is 6. The summed E-state index contributed by atoms with van der Waals surface area (Å²) < 4.78 is 10.4. The molecule has 0 aromatic heterocycles. The van der Waals surface area contributed by atoms with Gasteiger partial charge in [0.1, 0.15) is 11.5 Å². The van der Waals surface area contributed by atoms with E-state index in [1.54, 1.807) is 32.4 Å². The smallest absolute Gasteiger partial charge is 0.238 e. The minimum atomic E-state index is -0.254. The first kappa shape index (κ1) is 17.1. The third-order valence-electron chi connectivity index (χ3n) is 4.04. The van der Waals surface area contributed by atoms with Gasteiger partial charge in [-0.2, -0.15) is 0 Å². The molecule has 1 aromatic rings. The van der Waals surface area contributed by atoms with Gasteiger partial charge in [0, 0.05) is 12.0 Å². The monoisotopic (exact) mass is 321 g/mol. The number of primary amides is 1. The highest BCUT2D eigenvalue weighted by atomic mass is 16.5. The number of hydrogen-bond donors (Lipinski definition) is 2. The summed E-state index contributed by atoms with van der Waals surface area (Å²) in [6.07, 6.45) is 1.40. The minimum absolute atomic E-state index is 0.0761. The molecule has 0 radical (unpaired) electrons. The van der Waals surface area contributed by atoms with Crippen molar-refractivity contribution in [2.75, 3.05) is 39.2 Å². The van der Waals surface area contributed by atoms with Crippen molar-refractivity contribution < 1.29 is 19.1 Å². The Bertz CT molecular complexity index is 568. The molecule has 0 atom stereocenters. The average molecular weight is 321 g/mol. The van der Waals surface area contributed by atoms with Crippen LogP contribution in [0.3, 0.4) is 0 Å². The zero-order valence-corrected chi connectivity index (χ0v) is 13.5. The van der Waals surface area contributed by atoms with Crippen LogP contribution >= 0.6 is 0 Å². The van der Waals surface area contributed by atoms with Gasteiger partial charge in [-0.05, 0) is 38.1 Å². The molecule has 0 unspecified atom stereocenters. The molecule has 1 saturated heterocycles. The molecule has 0 spiro atoms. The van der Waals surface area contributed by atoms with Crippen LogP contribution < -0.4 is 20.5 Å². The second kappa shape index (κ2) is 7.82. The van der Waals surface area contributed by atoms with Gasteiger partial charge < -0.3 is 20.5 Å². The summed E-state index contributed by atoms with van der Waals surface area (Å²) in [5, 5.41) is 2.84. The Labute approximate surface area is 135 Å². The lowest BCUT2D eigenvalue weighted by atomic mass is 9.96. The SMILES string of the molecule is COc1ccc(OC)c(NC(=O)CN2CCC(C(N)=O)CC2)c1. The van der Waals surface area contributed by atoms with E-state index in [1.165, 1.54) is 0 Å². The first-order valence-electron chi connectivity index (χ1n) is 7.57. The summed E-state index contributed by atoms with van der Waals surface area (Å²) in [4.78, 5) is 25.4. The van der Waals surface area contributed by atoms with E-state index in [4.69, 9.17) is 15.2 Å². The maximum Gasteiger partial charge on any atom is 0.238 e. The third kappa shape index (κ3) is 4.59. The lowest BCUT2D eigenvalue weighted by molar-refractivity contribution is -0.123. The number of piperidine rings is 1. The van der Waals surface area contributed by atoms with Crippen molar-refractivity contribution in [3.63, 3.8) is 0 Å². The number of carbonyl (C=O) groups is 2. The van der Waals surface area contributed by atoms with E-state index >= 15 is 0 Å². The van der Waals surface area contributed by atoms with E-state index < -0.39 is 0 Å². The second-order valence-corrected chi connectivity index (χ2v) is 5.57. The molecule has 1 aliphatic heterocycles. The van der Waals surface area contributed by atoms with Gasteiger partial charge in [-0.25, -0.2) is 0 Å². The van der Waals surface area contributed by atoms with Crippen molar-refractivity contribution in [2.24, 2.45) is 11.7 Å². The Kier molecular flexibility index (Phi) is 5.81. The predicted molar refractivity (Wildman–Crippen MR) is 86.5 cm³/mol. The van der Waals surface area contributed by atoms with Crippen LogP contribution in [-0.2, 0) is 9.59 Å². The molecular formula is C16H23N3O4. The zero-order valence-electron chi connectivity index (χ0n) is 13.5. The molecule has 2 amide bonds. The van der Waals surface area contributed by atoms with Crippen molar-refractivity contribution in [2.45, 2.75) is 12.8 Å². The van der Waals surface area contributed by atoms with Gasteiger partial charge in [0.15, 0.2) is 0 Å². The van der Waals surface area contributed by atoms with Gasteiger partial charge >= 0.3 is 0 Å². The van der Waals surface area contributed by atoms with Crippen LogP contribution in [0.1, 0.15) is 12.8 Å². The highest BCUT2D eigenvalue weighted by Gasteiger charge is 2.24. The van der Waals surface area contributed by atoms with Crippen LogP contribution in [-0.4, -0.2) is 50.6 Å². The molecule has 0 bridgehead atoms. The molecule has 2 rings (SSSR count). The first-order valence-corrected chi connectivity index (χ1v) is 7.57. The molecule has 0 aliphatic carbocycles. The average Bonchev–Trinajstić information content (AvgIpc) is 2.55. The molecule has 126 valence electrons. The molecule has 7 heteroatoms. The van der Waals surface area contributed by atoms with E-state index in [2.05, 4.69) is 5.32 Å². The fourth-order valence-electron chi connectivity index (χ4n) is 2.68. The normalized spacial score (nSPS) is 15.9. The quantitative estimate of drug-likeness (QED) is 0.810. The molecular weight excluding hydrogens is 298 g/mol. The maximum absolute atomic E-state index is 12.2. The molecule has 1 aliphatic rings. The molecule has 1 aromatic carbocycles. The summed E-state index contributed by atoms with van der Waals surface area (Å²) in [5.74, 6) is 0.757. The van der Waals surface area contributed by atoms with Crippen molar-refractivity contribution in [3.8, 4) is 11.5 Å². The van der Waals surface area contributed by atoms with Gasteiger partial charge in [-0.3, -0.25) is 14.5 Å². The number of anilines is 1. The predicted octanol–water partition coefficient (Wildman–Crippen LogP) is 0.840. The third-order valence-corrected chi connectivity index (χ3v) is 4.04. The van der Waals surface area contributed by atoms with E-state index in [-0.39, 0.29) is 24.3 Å². The van der Waals surface area contributed by atoms with Gasteiger partial charge in [0.25, 0.3) is 0 Å². The number of benzene rings is 1. The van der Waals surface area contributed by atoms with Gasteiger partial charge in [-0.15, -0.1) is 0 Å². The number of carbonyl (C=O) groups excluding carboxylic acids is 2. The molecule has 1 heterocycles. The van der Waals surface area contributed by atoms with Crippen LogP contribution in [0, 0.1) is 5.92 Å². The molecule has 3 N–H and O–H groups in total. The van der Waals surface area contributed by atoms with Gasteiger partial charge in [0.05, 0.1) is 26.5 Å². The number of hydrogen-bond acceptors (Lipinski definition) is 5. The van der Waals surface area contributed by atoms with Crippen molar-refractivity contribution in [3.05, 3.63) is 18.2 Å². The first-order chi connectivity index (χ1) is 11.0. The maximum atomic E-state index is 12.2. The second-order valence-electron chi connectivity index (χ2n) is 5.57. The van der Waals surface area contributed by atoms with Crippen molar-refractivity contribution in [1.82, 2.24) is 4.90 Å². The van der Waals surface area contributed by atoms with Crippen molar-refractivity contribution in [1.29, 1.82) is 0 Å². The van der Waals surface area contributed by atoms with Crippen LogP contribution in [0.25, 0.3) is 0 Å². The topological polar surface area (TPSA) is 93.9 Å².